The van der Waals surface area contributed by atoms with E-state index in [4.69, 9.17) is 4.99 Å². The van der Waals surface area contributed by atoms with Gasteiger partial charge in [0.2, 0.25) is 0 Å². The molecule has 5 heteroatoms. The van der Waals surface area contributed by atoms with Gasteiger partial charge in [-0.3, -0.25) is 0 Å². The van der Waals surface area contributed by atoms with Gasteiger partial charge in [-0.05, 0) is 50.3 Å². The first-order valence-corrected chi connectivity index (χ1v) is 8.44. The number of aromatic hydroxyl groups is 1. The van der Waals surface area contributed by atoms with E-state index in [1.54, 1.807) is 0 Å². The summed E-state index contributed by atoms with van der Waals surface area (Å²) in [6.45, 7) is 7.45. The third-order valence-corrected chi connectivity index (χ3v) is 4.26. The van der Waals surface area contributed by atoms with Crippen LogP contribution in [0, 0.1) is 13.8 Å². The third-order valence-electron chi connectivity index (χ3n) is 4.26. The average molecular weight is 431 g/mol. The van der Waals surface area contributed by atoms with Crippen LogP contribution in [0.15, 0.2) is 17.1 Å². The standard InChI is InChI=1S/C18H29N3O.HI/c1-4-19-18(21-16-8-6-5-7-9-16)20-12-15-10-13(2)17(22)14(3)11-15;/h10-11,16,22H,4-9,12H2,1-3H3,(H2,19,20,21);1H. The molecule has 0 aromatic heterocycles. The molecule has 0 aliphatic heterocycles. The minimum Gasteiger partial charge on any atom is -0.507 e. The summed E-state index contributed by atoms with van der Waals surface area (Å²) in [6.07, 6.45) is 6.46. The number of aliphatic imine (C=N–C) groups is 1. The first-order chi connectivity index (χ1) is 10.6. The van der Waals surface area contributed by atoms with E-state index in [0.717, 1.165) is 29.2 Å². The van der Waals surface area contributed by atoms with Crippen LogP contribution in [0.3, 0.4) is 0 Å². The predicted octanol–water partition coefficient (Wildman–Crippen LogP) is 4.01. The Hall–Kier alpha value is -0.980. The minimum atomic E-state index is 0. The Labute approximate surface area is 157 Å². The van der Waals surface area contributed by atoms with Crippen LogP contribution in [0.2, 0.25) is 0 Å². The molecule has 3 N–H and O–H groups in total. The van der Waals surface area contributed by atoms with E-state index >= 15 is 0 Å². The van der Waals surface area contributed by atoms with E-state index < -0.39 is 0 Å². The van der Waals surface area contributed by atoms with Crippen molar-refractivity contribution < 1.29 is 5.11 Å². The van der Waals surface area contributed by atoms with Crippen molar-refractivity contribution >= 4 is 29.9 Å². The van der Waals surface area contributed by atoms with Gasteiger partial charge in [0.1, 0.15) is 5.75 Å². The lowest BCUT2D eigenvalue weighted by Crippen LogP contribution is -2.44. The van der Waals surface area contributed by atoms with Gasteiger partial charge in [0.15, 0.2) is 5.96 Å². The van der Waals surface area contributed by atoms with Crippen molar-refractivity contribution in [2.75, 3.05) is 6.54 Å². The normalized spacial score (nSPS) is 15.9. The molecule has 0 atom stereocenters. The lowest BCUT2D eigenvalue weighted by molar-refractivity contribution is 0.410. The van der Waals surface area contributed by atoms with Crippen molar-refractivity contribution in [3.63, 3.8) is 0 Å². The minimum absolute atomic E-state index is 0. The number of phenolic OH excluding ortho intramolecular Hbond substituents is 1. The van der Waals surface area contributed by atoms with Crippen molar-refractivity contribution in [3.8, 4) is 5.75 Å². The monoisotopic (exact) mass is 431 g/mol. The van der Waals surface area contributed by atoms with Gasteiger partial charge in [0.05, 0.1) is 6.54 Å². The highest BCUT2D eigenvalue weighted by Gasteiger charge is 2.14. The number of benzene rings is 1. The predicted molar refractivity (Wildman–Crippen MR) is 108 cm³/mol. The topological polar surface area (TPSA) is 56.7 Å². The molecule has 0 amide bonds. The second-order valence-electron chi connectivity index (χ2n) is 6.25. The van der Waals surface area contributed by atoms with E-state index in [9.17, 15) is 5.11 Å². The molecular weight excluding hydrogens is 401 g/mol. The van der Waals surface area contributed by atoms with Gasteiger partial charge in [-0.15, -0.1) is 24.0 Å². The first kappa shape index (κ1) is 20.1. The molecule has 0 bridgehead atoms. The lowest BCUT2D eigenvalue weighted by atomic mass is 9.96. The fourth-order valence-electron chi connectivity index (χ4n) is 3.07. The number of hydrogen-bond donors (Lipinski definition) is 3. The molecule has 0 unspecified atom stereocenters. The summed E-state index contributed by atoms with van der Waals surface area (Å²) >= 11 is 0. The molecule has 4 nitrogen and oxygen atoms in total. The maximum Gasteiger partial charge on any atom is 0.191 e. The Morgan fingerprint density at radius 1 is 1.17 bits per heavy atom. The molecule has 1 aromatic rings. The molecular formula is C18H30IN3O. The second-order valence-corrected chi connectivity index (χ2v) is 6.25. The van der Waals surface area contributed by atoms with Gasteiger partial charge in [-0.2, -0.15) is 0 Å². The molecule has 1 aliphatic carbocycles. The summed E-state index contributed by atoms with van der Waals surface area (Å²) in [6, 6.07) is 4.57. The molecule has 1 fully saturated rings. The Morgan fingerprint density at radius 2 is 1.78 bits per heavy atom. The Kier molecular flexibility index (Phi) is 8.73. The van der Waals surface area contributed by atoms with Crippen molar-refractivity contribution in [3.05, 3.63) is 28.8 Å². The molecule has 0 heterocycles. The fourth-order valence-corrected chi connectivity index (χ4v) is 3.07. The summed E-state index contributed by atoms with van der Waals surface area (Å²) in [5.41, 5.74) is 2.96. The largest absolute Gasteiger partial charge is 0.507 e. The van der Waals surface area contributed by atoms with Crippen LogP contribution in [0.1, 0.15) is 55.7 Å². The Balaban J connectivity index is 0.00000264. The van der Waals surface area contributed by atoms with Crippen LogP contribution in [-0.4, -0.2) is 23.7 Å². The highest BCUT2D eigenvalue weighted by atomic mass is 127. The zero-order chi connectivity index (χ0) is 15.9. The molecule has 130 valence electrons. The average Bonchev–Trinajstić information content (AvgIpc) is 2.51. The molecule has 1 saturated carbocycles. The summed E-state index contributed by atoms with van der Waals surface area (Å²) in [5, 5.41) is 16.7. The number of nitrogens with one attached hydrogen (secondary N) is 2. The van der Waals surface area contributed by atoms with Crippen LogP contribution < -0.4 is 10.6 Å². The molecule has 1 aliphatic rings. The van der Waals surface area contributed by atoms with Gasteiger partial charge < -0.3 is 15.7 Å². The van der Waals surface area contributed by atoms with Crippen LogP contribution >= 0.6 is 24.0 Å². The highest BCUT2D eigenvalue weighted by Crippen LogP contribution is 2.23. The zero-order valence-corrected chi connectivity index (χ0v) is 16.8. The van der Waals surface area contributed by atoms with Crippen molar-refractivity contribution in [2.45, 2.75) is 65.5 Å². The lowest BCUT2D eigenvalue weighted by Gasteiger charge is -2.24. The molecule has 0 saturated heterocycles. The fraction of sp³-hybridized carbons (Fsp3) is 0.611. The van der Waals surface area contributed by atoms with Gasteiger partial charge >= 0.3 is 0 Å². The zero-order valence-electron chi connectivity index (χ0n) is 14.5. The molecule has 23 heavy (non-hydrogen) atoms. The smallest absolute Gasteiger partial charge is 0.191 e. The highest BCUT2D eigenvalue weighted by molar-refractivity contribution is 14.0. The quantitative estimate of drug-likeness (QED) is 0.384. The van der Waals surface area contributed by atoms with Crippen molar-refractivity contribution in [2.24, 2.45) is 4.99 Å². The molecule has 0 spiro atoms. The van der Waals surface area contributed by atoms with E-state index in [2.05, 4.69) is 17.6 Å². The van der Waals surface area contributed by atoms with E-state index in [1.165, 1.54) is 32.1 Å². The summed E-state index contributed by atoms with van der Waals surface area (Å²) in [4.78, 5) is 4.70. The first-order valence-electron chi connectivity index (χ1n) is 8.44. The van der Waals surface area contributed by atoms with Gasteiger partial charge in [-0.1, -0.05) is 31.4 Å². The number of rotatable bonds is 4. The summed E-state index contributed by atoms with van der Waals surface area (Å²) in [7, 11) is 0. The number of guanidine groups is 1. The van der Waals surface area contributed by atoms with Crippen LogP contribution in [-0.2, 0) is 6.54 Å². The number of hydrogen-bond acceptors (Lipinski definition) is 2. The Bertz CT molecular complexity index is 502. The summed E-state index contributed by atoms with van der Waals surface area (Å²) in [5.74, 6) is 1.29. The maximum absolute atomic E-state index is 9.85. The van der Waals surface area contributed by atoms with Crippen molar-refractivity contribution in [1.29, 1.82) is 0 Å². The number of aryl methyl sites for hydroxylation is 2. The van der Waals surface area contributed by atoms with E-state index in [0.29, 0.717) is 18.3 Å². The van der Waals surface area contributed by atoms with Gasteiger partial charge in [-0.25, -0.2) is 4.99 Å². The second kappa shape index (κ2) is 10.0. The summed E-state index contributed by atoms with van der Waals surface area (Å²) < 4.78 is 0. The Morgan fingerprint density at radius 3 is 2.35 bits per heavy atom. The third kappa shape index (κ3) is 6.20. The van der Waals surface area contributed by atoms with E-state index in [1.807, 2.05) is 26.0 Å². The van der Waals surface area contributed by atoms with Gasteiger partial charge in [0.25, 0.3) is 0 Å². The number of phenols is 1. The van der Waals surface area contributed by atoms with Crippen LogP contribution in [0.5, 0.6) is 5.75 Å². The van der Waals surface area contributed by atoms with E-state index in [-0.39, 0.29) is 24.0 Å². The molecule has 0 radical (unpaired) electrons. The van der Waals surface area contributed by atoms with Crippen LogP contribution in [0.4, 0.5) is 0 Å². The maximum atomic E-state index is 9.85. The number of nitrogens with zero attached hydrogens (tertiary/aromatic N) is 1. The number of halogens is 1. The van der Waals surface area contributed by atoms with Crippen molar-refractivity contribution in [1.82, 2.24) is 10.6 Å². The molecule has 1 aromatic carbocycles. The SMILES string of the molecule is CCNC(=NCc1cc(C)c(O)c(C)c1)NC1CCCCC1.I. The molecule has 2 rings (SSSR count). The van der Waals surface area contributed by atoms with Gasteiger partial charge in [0, 0.05) is 12.6 Å². The van der Waals surface area contributed by atoms with Crippen LogP contribution in [0.25, 0.3) is 0 Å².